The van der Waals surface area contributed by atoms with Crippen molar-refractivity contribution in [3.8, 4) is 0 Å². The highest BCUT2D eigenvalue weighted by Gasteiger charge is 2.22. The Hall–Kier alpha value is -3.67. The number of anilines is 1. The lowest BCUT2D eigenvalue weighted by molar-refractivity contribution is 0.0318. The average molecular weight is 405 g/mol. The summed E-state index contributed by atoms with van der Waals surface area (Å²) in [6.45, 7) is 7.10. The predicted molar refractivity (Wildman–Crippen MR) is 113 cm³/mol. The van der Waals surface area contributed by atoms with Crippen LogP contribution in [0.15, 0.2) is 59.2 Å². The molecule has 0 aliphatic carbocycles. The molecule has 1 amide bonds. The van der Waals surface area contributed by atoms with E-state index < -0.39 is 18.0 Å². The van der Waals surface area contributed by atoms with Crippen LogP contribution in [0.4, 0.5) is 5.69 Å². The van der Waals surface area contributed by atoms with E-state index in [4.69, 9.17) is 9.15 Å². The van der Waals surface area contributed by atoms with Crippen molar-refractivity contribution in [3.63, 3.8) is 0 Å². The first-order chi connectivity index (χ1) is 14.3. The molecule has 0 radical (unpaired) electrons. The van der Waals surface area contributed by atoms with Gasteiger partial charge in [-0.3, -0.25) is 9.59 Å². The molecule has 30 heavy (non-hydrogen) atoms. The third-order valence-corrected chi connectivity index (χ3v) is 4.78. The fourth-order valence-corrected chi connectivity index (χ4v) is 2.98. The van der Waals surface area contributed by atoms with E-state index in [1.54, 1.807) is 44.2 Å². The molecule has 1 N–H and O–H groups in total. The molecular formula is C24H23NO5. The number of hydrogen-bond acceptors (Lipinski definition) is 5. The lowest BCUT2D eigenvalue weighted by Crippen LogP contribution is -2.25. The zero-order valence-corrected chi connectivity index (χ0v) is 17.3. The van der Waals surface area contributed by atoms with E-state index in [1.165, 1.54) is 12.3 Å². The van der Waals surface area contributed by atoms with Gasteiger partial charge in [-0.1, -0.05) is 23.8 Å². The normalized spacial score (nSPS) is 11.6. The van der Waals surface area contributed by atoms with Crippen LogP contribution in [-0.2, 0) is 4.74 Å². The summed E-state index contributed by atoms with van der Waals surface area (Å²) >= 11 is 0. The van der Waals surface area contributed by atoms with Crippen LogP contribution in [0.5, 0.6) is 0 Å². The van der Waals surface area contributed by atoms with Crippen molar-refractivity contribution in [1.29, 1.82) is 0 Å². The number of carbonyl (C=O) groups is 3. The van der Waals surface area contributed by atoms with Gasteiger partial charge in [0.2, 0.25) is 5.78 Å². The van der Waals surface area contributed by atoms with Crippen LogP contribution in [0.25, 0.3) is 0 Å². The average Bonchev–Trinajstić information content (AvgIpc) is 3.25. The summed E-state index contributed by atoms with van der Waals surface area (Å²) in [6, 6.07) is 13.6. The number of aryl methyl sites for hydroxylation is 3. The van der Waals surface area contributed by atoms with Gasteiger partial charge in [0.1, 0.15) is 0 Å². The second kappa shape index (κ2) is 8.78. The summed E-state index contributed by atoms with van der Waals surface area (Å²) in [4.78, 5) is 37.6. The molecule has 6 heteroatoms. The molecule has 3 rings (SSSR count). The van der Waals surface area contributed by atoms with Gasteiger partial charge in [0.15, 0.2) is 11.9 Å². The van der Waals surface area contributed by atoms with Crippen molar-refractivity contribution in [1.82, 2.24) is 0 Å². The van der Waals surface area contributed by atoms with Crippen molar-refractivity contribution < 1.29 is 23.5 Å². The minimum absolute atomic E-state index is 0.162. The smallest absolute Gasteiger partial charge is 0.338 e. The summed E-state index contributed by atoms with van der Waals surface area (Å²) in [5.41, 5.74) is 3.77. The molecule has 0 saturated carbocycles. The number of hydrogen-bond donors (Lipinski definition) is 1. The maximum atomic E-state index is 12.7. The summed E-state index contributed by atoms with van der Waals surface area (Å²) < 4.78 is 10.5. The Balaban J connectivity index is 1.74. The van der Waals surface area contributed by atoms with Crippen molar-refractivity contribution in [2.45, 2.75) is 33.8 Å². The number of Topliss-reactive ketones (excluding diaryl/α,β-unsaturated/α-hetero) is 1. The monoisotopic (exact) mass is 405 g/mol. The maximum absolute atomic E-state index is 12.7. The van der Waals surface area contributed by atoms with Crippen molar-refractivity contribution in [2.75, 3.05) is 5.32 Å². The molecule has 0 fully saturated rings. The quantitative estimate of drug-likeness (QED) is 0.466. The van der Waals surface area contributed by atoms with Gasteiger partial charge in [-0.15, -0.1) is 0 Å². The summed E-state index contributed by atoms with van der Waals surface area (Å²) in [5.74, 6) is -1.17. The number of benzene rings is 2. The summed E-state index contributed by atoms with van der Waals surface area (Å²) in [6.07, 6.45) is 0.463. The number of rotatable bonds is 6. The van der Waals surface area contributed by atoms with E-state index in [0.29, 0.717) is 11.3 Å². The topological polar surface area (TPSA) is 85.6 Å². The third-order valence-electron chi connectivity index (χ3n) is 4.78. The van der Waals surface area contributed by atoms with E-state index in [9.17, 15) is 14.4 Å². The molecular weight excluding hydrogens is 382 g/mol. The van der Waals surface area contributed by atoms with E-state index in [-0.39, 0.29) is 17.1 Å². The molecule has 1 aromatic heterocycles. The minimum atomic E-state index is -0.944. The first-order valence-electron chi connectivity index (χ1n) is 9.54. The van der Waals surface area contributed by atoms with Gasteiger partial charge in [0.05, 0.1) is 11.8 Å². The fraction of sp³-hybridized carbons (Fsp3) is 0.208. The summed E-state index contributed by atoms with van der Waals surface area (Å²) in [7, 11) is 0. The highest BCUT2D eigenvalue weighted by molar-refractivity contribution is 6.04. The van der Waals surface area contributed by atoms with Crippen molar-refractivity contribution >= 4 is 23.3 Å². The molecule has 0 saturated heterocycles. The number of amides is 1. The lowest BCUT2D eigenvalue weighted by atomic mass is 9.99. The Morgan fingerprint density at radius 2 is 1.70 bits per heavy atom. The van der Waals surface area contributed by atoms with Crippen LogP contribution in [0.2, 0.25) is 0 Å². The molecule has 1 heterocycles. The molecule has 154 valence electrons. The van der Waals surface area contributed by atoms with Crippen LogP contribution in [0.1, 0.15) is 54.9 Å². The molecule has 0 aliphatic rings. The van der Waals surface area contributed by atoms with Crippen molar-refractivity contribution in [3.05, 3.63) is 88.4 Å². The second-order valence-electron chi connectivity index (χ2n) is 7.19. The van der Waals surface area contributed by atoms with E-state index in [2.05, 4.69) is 5.32 Å². The van der Waals surface area contributed by atoms with Crippen molar-refractivity contribution in [2.24, 2.45) is 0 Å². The highest BCUT2D eigenvalue weighted by Crippen LogP contribution is 2.20. The zero-order valence-electron chi connectivity index (χ0n) is 17.3. The largest absolute Gasteiger partial charge is 0.459 e. The van der Waals surface area contributed by atoms with Crippen LogP contribution < -0.4 is 5.32 Å². The first kappa shape index (κ1) is 21.0. The molecule has 0 bridgehead atoms. The van der Waals surface area contributed by atoms with Gasteiger partial charge in [0.25, 0.3) is 5.91 Å². The number of nitrogens with one attached hydrogen (secondary N) is 1. The SMILES string of the molecule is Cc1ccc(C)c(C(=O)[C@@H](C)OC(=O)c2ccc(C)c(NC(=O)c3ccco3)c2)c1. The van der Waals surface area contributed by atoms with Crippen LogP contribution in [0.3, 0.4) is 0 Å². The highest BCUT2D eigenvalue weighted by atomic mass is 16.5. The molecule has 6 nitrogen and oxygen atoms in total. The number of carbonyl (C=O) groups excluding carboxylic acids is 3. The number of esters is 1. The van der Waals surface area contributed by atoms with E-state index in [0.717, 1.165) is 16.7 Å². The Morgan fingerprint density at radius 1 is 0.967 bits per heavy atom. The zero-order chi connectivity index (χ0) is 21.8. The molecule has 2 aromatic carbocycles. The van der Waals surface area contributed by atoms with Crippen LogP contribution >= 0.6 is 0 Å². The fourth-order valence-electron chi connectivity index (χ4n) is 2.98. The second-order valence-corrected chi connectivity index (χ2v) is 7.19. The van der Waals surface area contributed by atoms with Gasteiger partial charge in [0, 0.05) is 11.3 Å². The Morgan fingerprint density at radius 3 is 2.40 bits per heavy atom. The molecule has 0 unspecified atom stereocenters. The third kappa shape index (κ3) is 4.66. The standard InChI is InChI=1S/C24H23NO5/c1-14-7-8-15(2)19(12-14)22(26)17(4)30-24(28)18-10-9-16(3)20(13-18)25-23(27)21-6-5-11-29-21/h5-13,17H,1-4H3,(H,25,27)/t17-/m1/s1. The predicted octanol–water partition coefficient (Wildman–Crippen LogP) is 4.89. The van der Waals surface area contributed by atoms with Gasteiger partial charge in [-0.05, 0) is 69.2 Å². The number of ketones is 1. The molecule has 0 aliphatic heterocycles. The Kier molecular flexibility index (Phi) is 6.16. The maximum Gasteiger partial charge on any atom is 0.338 e. The minimum Gasteiger partial charge on any atom is -0.459 e. The molecule has 1 atom stereocenters. The lowest BCUT2D eigenvalue weighted by Gasteiger charge is -2.15. The van der Waals surface area contributed by atoms with Gasteiger partial charge < -0.3 is 14.5 Å². The van der Waals surface area contributed by atoms with E-state index >= 15 is 0 Å². The van der Waals surface area contributed by atoms with Gasteiger partial charge >= 0.3 is 5.97 Å². The first-order valence-corrected chi connectivity index (χ1v) is 9.54. The Labute approximate surface area is 174 Å². The van der Waals surface area contributed by atoms with E-state index in [1.807, 2.05) is 26.0 Å². The van der Waals surface area contributed by atoms with Crippen LogP contribution in [-0.4, -0.2) is 23.8 Å². The summed E-state index contributed by atoms with van der Waals surface area (Å²) in [5, 5.41) is 2.72. The van der Waals surface area contributed by atoms with Gasteiger partial charge in [-0.25, -0.2) is 4.79 Å². The number of furan rings is 1. The number of ether oxygens (including phenoxy) is 1. The Bertz CT molecular complexity index is 1100. The molecule has 0 spiro atoms. The van der Waals surface area contributed by atoms with Gasteiger partial charge in [-0.2, -0.15) is 0 Å². The van der Waals surface area contributed by atoms with Crippen LogP contribution in [0, 0.1) is 20.8 Å². The molecule has 3 aromatic rings.